The molecule has 0 saturated carbocycles. The predicted molar refractivity (Wildman–Crippen MR) is 103 cm³/mol. The highest BCUT2D eigenvalue weighted by Crippen LogP contribution is 2.23. The average molecular weight is 415 g/mol. The van der Waals surface area contributed by atoms with Crippen molar-refractivity contribution >= 4 is 21.9 Å². The maximum atomic E-state index is 12.9. The summed E-state index contributed by atoms with van der Waals surface area (Å²) in [6, 6.07) is 4.81. The highest BCUT2D eigenvalue weighted by Gasteiger charge is 2.35. The van der Waals surface area contributed by atoms with Gasteiger partial charge in [0.15, 0.2) is 0 Å². The van der Waals surface area contributed by atoms with Crippen LogP contribution in [0.2, 0.25) is 0 Å². The number of anilines is 1. The molecular weight excluding hydrogens is 387 g/mol. The van der Waals surface area contributed by atoms with Crippen molar-refractivity contribution in [2.75, 3.05) is 31.5 Å². The normalized spacial score (nSPS) is 22.7. The van der Waals surface area contributed by atoms with Gasteiger partial charge in [0.2, 0.25) is 0 Å². The van der Waals surface area contributed by atoms with E-state index in [2.05, 4.69) is 17.7 Å². The number of hydrogen-bond acceptors (Lipinski definition) is 4. The van der Waals surface area contributed by atoms with Crippen molar-refractivity contribution in [1.29, 1.82) is 0 Å². The van der Waals surface area contributed by atoms with Crippen LogP contribution >= 0.6 is 0 Å². The van der Waals surface area contributed by atoms with Crippen LogP contribution in [0, 0.1) is 11.7 Å². The van der Waals surface area contributed by atoms with Crippen LogP contribution in [0.5, 0.6) is 0 Å². The molecule has 1 atom stereocenters. The minimum atomic E-state index is -3.44. The molecule has 2 aliphatic heterocycles. The number of nitrogens with zero attached hydrogens (tertiary/aromatic N) is 2. The Labute approximate surface area is 165 Å². The Bertz CT molecular complexity index is 766. The second-order valence-electron chi connectivity index (χ2n) is 7.39. The SMILES string of the molecule is CC1CCCN(S(=O)(=O)N2CCC(ONC(=O)Nc3ccc(F)cc3)CC2)C1. The monoisotopic (exact) mass is 414 g/mol. The van der Waals surface area contributed by atoms with Gasteiger partial charge in [-0.3, -0.25) is 4.84 Å². The summed E-state index contributed by atoms with van der Waals surface area (Å²) < 4.78 is 41.5. The zero-order valence-electron chi connectivity index (χ0n) is 15.9. The smallest absolute Gasteiger partial charge is 0.306 e. The molecule has 2 fully saturated rings. The molecule has 0 spiro atoms. The molecule has 10 heteroatoms. The van der Waals surface area contributed by atoms with Crippen molar-refractivity contribution < 1.29 is 22.4 Å². The minimum absolute atomic E-state index is 0.259. The standard InChI is InChI=1S/C18H27FN4O4S/c1-14-3-2-10-23(13-14)28(25,26)22-11-8-17(9-12-22)27-21-18(24)20-16-6-4-15(19)5-7-16/h4-7,14,17H,2-3,8-13H2,1H3,(H2,20,21,24). The third-order valence-electron chi connectivity index (χ3n) is 5.09. The Morgan fingerprint density at radius 2 is 1.79 bits per heavy atom. The Balaban J connectivity index is 1.42. The summed E-state index contributed by atoms with van der Waals surface area (Å²) in [5.74, 6) is -0.00357. The number of amides is 2. The first-order valence-corrected chi connectivity index (χ1v) is 11.0. The molecule has 28 heavy (non-hydrogen) atoms. The van der Waals surface area contributed by atoms with Crippen molar-refractivity contribution in [3.63, 3.8) is 0 Å². The largest absolute Gasteiger partial charge is 0.343 e. The van der Waals surface area contributed by atoms with Crippen molar-refractivity contribution in [3.8, 4) is 0 Å². The van der Waals surface area contributed by atoms with E-state index < -0.39 is 16.2 Å². The van der Waals surface area contributed by atoms with Gasteiger partial charge < -0.3 is 5.32 Å². The molecule has 2 saturated heterocycles. The quantitative estimate of drug-likeness (QED) is 0.724. The van der Waals surface area contributed by atoms with Crippen molar-refractivity contribution in [1.82, 2.24) is 14.1 Å². The highest BCUT2D eigenvalue weighted by molar-refractivity contribution is 7.86. The summed E-state index contributed by atoms with van der Waals surface area (Å²) in [5.41, 5.74) is 2.76. The van der Waals surface area contributed by atoms with E-state index in [-0.39, 0.29) is 11.9 Å². The van der Waals surface area contributed by atoms with Crippen LogP contribution in [0.3, 0.4) is 0 Å². The number of nitrogens with one attached hydrogen (secondary N) is 2. The average Bonchev–Trinajstić information content (AvgIpc) is 2.68. The second-order valence-corrected chi connectivity index (χ2v) is 9.32. The number of halogens is 1. The Morgan fingerprint density at radius 3 is 2.43 bits per heavy atom. The van der Waals surface area contributed by atoms with E-state index in [1.165, 1.54) is 28.6 Å². The van der Waals surface area contributed by atoms with Gasteiger partial charge in [-0.15, -0.1) is 0 Å². The first-order chi connectivity index (χ1) is 13.3. The molecule has 2 heterocycles. The summed E-state index contributed by atoms with van der Waals surface area (Å²) in [7, 11) is -3.44. The molecule has 156 valence electrons. The minimum Gasteiger partial charge on any atom is -0.306 e. The van der Waals surface area contributed by atoms with Gasteiger partial charge in [0.25, 0.3) is 10.2 Å². The molecular formula is C18H27FN4O4S. The van der Waals surface area contributed by atoms with Crippen LogP contribution in [-0.2, 0) is 15.0 Å². The van der Waals surface area contributed by atoms with Crippen molar-refractivity contribution in [2.24, 2.45) is 5.92 Å². The molecule has 1 unspecified atom stereocenters. The molecule has 2 N–H and O–H groups in total. The molecule has 1 aromatic rings. The second kappa shape index (κ2) is 9.17. The van der Waals surface area contributed by atoms with Gasteiger partial charge >= 0.3 is 6.03 Å². The van der Waals surface area contributed by atoms with Crippen LogP contribution in [0.1, 0.15) is 32.6 Å². The maximum absolute atomic E-state index is 12.9. The molecule has 2 amide bonds. The molecule has 8 nitrogen and oxygen atoms in total. The molecule has 0 aromatic heterocycles. The van der Waals surface area contributed by atoms with Gasteiger partial charge in [-0.2, -0.15) is 17.0 Å². The van der Waals surface area contributed by atoms with E-state index in [4.69, 9.17) is 4.84 Å². The van der Waals surface area contributed by atoms with Gasteiger partial charge in [-0.25, -0.2) is 14.7 Å². The third kappa shape index (κ3) is 5.40. The number of carbonyl (C=O) groups excluding carboxylic acids is 1. The summed E-state index contributed by atoms with van der Waals surface area (Å²) >= 11 is 0. The number of urea groups is 1. The van der Waals surface area contributed by atoms with E-state index in [9.17, 15) is 17.6 Å². The van der Waals surface area contributed by atoms with Gasteiger partial charge in [0, 0.05) is 31.9 Å². The van der Waals surface area contributed by atoms with E-state index in [1.807, 2.05) is 0 Å². The van der Waals surface area contributed by atoms with Crippen molar-refractivity contribution in [3.05, 3.63) is 30.1 Å². The fourth-order valence-electron chi connectivity index (χ4n) is 3.53. The van der Waals surface area contributed by atoms with Crippen LogP contribution in [-0.4, -0.2) is 55.3 Å². The number of rotatable bonds is 5. The van der Waals surface area contributed by atoms with Gasteiger partial charge in [0.1, 0.15) is 5.82 Å². The number of hydroxylamine groups is 1. The lowest BCUT2D eigenvalue weighted by Gasteiger charge is -2.37. The maximum Gasteiger partial charge on any atom is 0.343 e. The molecule has 0 bridgehead atoms. The molecule has 0 aliphatic carbocycles. The number of benzene rings is 1. The van der Waals surface area contributed by atoms with Crippen molar-refractivity contribution in [2.45, 2.75) is 38.7 Å². The first kappa shape index (κ1) is 21.0. The highest BCUT2D eigenvalue weighted by atomic mass is 32.2. The Hall–Kier alpha value is -1.75. The zero-order chi connectivity index (χ0) is 20.1. The van der Waals surface area contributed by atoms with E-state index in [0.29, 0.717) is 50.6 Å². The molecule has 3 rings (SSSR count). The number of hydrogen-bond donors (Lipinski definition) is 2. The van der Waals surface area contributed by atoms with Crippen LogP contribution < -0.4 is 10.8 Å². The molecule has 1 aromatic carbocycles. The van der Waals surface area contributed by atoms with E-state index in [0.717, 1.165) is 12.8 Å². The van der Waals surface area contributed by atoms with Crippen LogP contribution in [0.4, 0.5) is 14.9 Å². The first-order valence-electron chi connectivity index (χ1n) is 9.58. The lowest BCUT2D eigenvalue weighted by atomic mass is 10.0. The lowest BCUT2D eigenvalue weighted by Crippen LogP contribution is -2.51. The Morgan fingerprint density at radius 1 is 1.11 bits per heavy atom. The number of carbonyl (C=O) groups is 1. The third-order valence-corrected chi connectivity index (χ3v) is 7.10. The summed E-state index contributed by atoms with van der Waals surface area (Å²) in [4.78, 5) is 17.2. The van der Waals surface area contributed by atoms with E-state index >= 15 is 0 Å². The van der Waals surface area contributed by atoms with Crippen LogP contribution in [0.15, 0.2) is 24.3 Å². The molecule has 2 aliphatic rings. The summed E-state index contributed by atoms with van der Waals surface area (Å²) in [6.07, 6.45) is 2.70. The summed E-state index contributed by atoms with van der Waals surface area (Å²) in [5, 5.41) is 2.53. The zero-order valence-corrected chi connectivity index (χ0v) is 16.8. The molecule has 0 radical (unpaired) electrons. The topological polar surface area (TPSA) is 91.0 Å². The lowest BCUT2D eigenvalue weighted by molar-refractivity contribution is -0.0252. The Kier molecular flexibility index (Phi) is 6.86. The number of piperidine rings is 2. The predicted octanol–water partition coefficient (Wildman–Crippen LogP) is 2.32. The van der Waals surface area contributed by atoms with Gasteiger partial charge in [-0.1, -0.05) is 6.92 Å². The van der Waals surface area contributed by atoms with Gasteiger partial charge in [-0.05, 0) is 55.9 Å². The summed E-state index contributed by atoms with van der Waals surface area (Å²) in [6.45, 7) is 3.95. The van der Waals surface area contributed by atoms with Gasteiger partial charge in [0.05, 0.1) is 6.10 Å². The van der Waals surface area contributed by atoms with Crippen LogP contribution in [0.25, 0.3) is 0 Å². The fraction of sp³-hybridized carbons (Fsp3) is 0.611. The fourth-order valence-corrected chi connectivity index (χ4v) is 5.33. The van der Waals surface area contributed by atoms with E-state index in [1.54, 1.807) is 4.31 Å².